The molecule has 1 aromatic carbocycles. The van der Waals surface area contributed by atoms with Crippen LogP contribution in [0.4, 0.5) is 5.69 Å². The number of anilines is 1. The molecule has 0 radical (unpaired) electrons. The number of rotatable bonds is 8. The molecule has 1 rings (SSSR count). The molecule has 0 saturated heterocycles. The summed E-state index contributed by atoms with van der Waals surface area (Å²) in [5, 5.41) is 2.65. The minimum absolute atomic E-state index is 0. The van der Waals surface area contributed by atoms with E-state index in [1.54, 1.807) is 19.1 Å². The standard InChI is InChI=1S/C15H25N3O3S.ClH/c1-4-7-14(16)15(19)17-12-8-6-9-13(10-12)22(20,21)18-11(3)5-2;/h6,8-11,14,18H,4-5,7,16H2,1-3H3,(H,17,19);1H. The van der Waals surface area contributed by atoms with E-state index in [4.69, 9.17) is 5.73 Å². The maximum atomic E-state index is 12.2. The van der Waals surface area contributed by atoms with Crippen LogP contribution in [0.5, 0.6) is 0 Å². The van der Waals surface area contributed by atoms with Crippen molar-refractivity contribution in [3.8, 4) is 0 Å². The van der Waals surface area contributed by atoms with Crippen LogP contribution < -0.4 is 15.8 Å². The van der Waals surface area contributed by atoms with Crippen molar-refractivity contribution in [1.29, 1.82) is 0 Å². The summed E-state index contributed by atoms with van der Waals surface area (Å²) in [5.74, 6) is -0.314. The Kier molecular flexibility index (Phi) is 9.38. The normalized spacial score (nSPS) is 13.7. The fraction of sp³-hybridized carbons (Fsp3) is 0.533. The Morgan fingerprint density at radius 1 is 1.30 bits per heavy atom. The lowest BCUT2D eigenvalue weighted by Crippen LogP contribution is -2.35. The molecule has 4 N–H and O–H groups in total. The average Bonchev–Trinajstić information content (AvgIpc) is 2.47. The van der Waals surface area contributed by atoms with E-state index in [0.717, 1.165) is 6.42 Å². The first-order chi connectivity index (χ1) is 10.3. The molecule has 2 atom stereocenters. The maximum Gasteiger partial charge on any atom is 0.241 e. The molecule has 0 aliphatic heterocycles. The van der Waals surface area contributed by atoms with Gasteiger partial charge in [-0.15, -0.1) is 12.4 Å². The number of hydrogen-bond donors (Lipinski definition) is 3. The Morgan fingerprint density at radius 3 is 2.52 bits per heavy atom. The number of nitrogens with two attached hydrogens (primary N) is 1. The first kappa shape index (κ1) is 21.9. The van der Waals surface area contributed by atoms with E-state index in [9.17, 15) is 13.2 Å². The second-order valence-electron chi connectivity index (χ2n) is 5.34. The minimum atomic E-state index is -3.59. The van der Waals surface area contributed by atoms with Gasteiger partial charge in [0.15, 0.2) is 0 Å². The number of carbonyl (C=O) groups is 1. The van der Waals surface area contributed by atoms with Gasteiger partial charge in [0, 0.05) is 11.7 Å². The molecule has 0 aliphatic rings. The SMILES string of the molecule is CCCC(N)C(=O)Nc1cccc(S(=O)(=O)NC(C)CC)c1.Cl. The van der Waals surface area contributed by atoms with Gasteiger partial charge < -0.3 is 11.1 Å². The van der Waals surface area contributed by atoms with Gasteiger partial charge in [-0.3, -0.25) is 4.79 Å². The molecule has 1 amide bonds. The van der Waals surface area contributed by atoms with Gasteiger partial charge in [0.1, 0.15) is 0 Å². The maximum absolute atomic E-state index is 12.2. The Labute approximate surface area is 144 Å². The van der Waals surface area contributed by atoms with Crippen molar-refractivity contribution in [2.24, 2.45) is 5.73 Å². The number of amides is 1. The third-order valence-corrected chi connectivity index (χ3v) is 4.90. The molecule has 8 heteroatoms. The summed E-state index contributed by atoms with van der Waals surface area (Å²) < 4.78 is 27.0. The molecule has 0 spiro atoms. The highest BCUT2D eigenvalue weighted by atomic mass is 35.5. The van der Waals surface area contributed by atoms with Crippen molar-refractivity contribution < 1.29 is 13.2 Å². The quantitative estimate of drug-likeness (QED) is 0.659. The van der Waals surface area contributed by atoms with E-state index < -0.39 is 16.1 Å². The molecule has 6 nitrogen and oxygen atoms in total. The summed E-state index contributed by atoms with van der Waals surface area (Å²) in [5.41, 5.74) is 6.16. The smallest absolute Gasteiger partial charge is 0.241 e. The molecule has 23 heavy (non-hydrogen) atoms. The van der Waals surface area contributed by atoms with Crippen LogP contribution in [0.2, 0.25) is 0 Å². The first-order valence-corrected chi connectivity index (χ1v) is 8.97. The summed E-state index contributed by atoms with van der Waals surface area (Å²) >= 11 is 0. The number of benzene rings is 1. The van der Waals surface area contributed by atoms with Crippen LogP contribution in [0, 0.1) is 0 Å². The van der Waals surface area contributed by atoms with Gasteiger partial charge in [-0.1, -0.05) is 26.3 Å². The minimum Gasteiger partial charge on any atom is -0.325 e. The number of sulfonamides is 1. The molecule has 0 aliphatic carbocycles. The van der Waals surface area contributed by atoms with Crippen molar-refractivity contribution in [3.63, 3.8) is 0 Å². The highest BCUT2D eigenvalue weighted by Crippen LogP contribution is 2.16. The predicted octanol–water partition coefficient (Wildman–Crippen LogP) is 2.25. The van der Waals surface area contributed by atoms with E-state index in [1.807, 2.05) is 13.8 Å². The van der Waals surface area contributed by atoms with Crippen molar-refractivity contribution in [1.82, 2.24) is 4.72 Å². The largest absolute Gasteiger partial charge is 0.325 e. The third kappa shape index (κ3) is 6.87. The highest BCUT2D eigenvalue weighted by Gasteiger charge is 2.18. The molecule has 0 fully saturated rings. The summed E-state index contributed by atoms with van der Waals surface area (Å²) in [6.45, 7) is 5.65. The Balaban J connectivity index is 0.00000484. The summed E-state index contributed by atoms with van der Waals surface area (Å²) in [6.07, 6.45) is 2.09. The van der Waals surface area contributed by atoms with Crippen molar-refractivity contribution in [2.45, 2.75) is 57.0 Å². The molecule has 0 saturated carbocycles. The van der Waals surface area contributed by atoms with Gasteiger partial charge in [0.25, 0.3) is 0 Å². The lowest BCUT2D eigenvalue weighted by molar-refractivity contribution is -0.117. The zero-order valence-electron chi connectivity index (χ0n) is 13.7. The van der Waals surface area contributed by atoms with E-state index in [1.165, 1.54) is 12.1 Å². The Bertz CT molecular complexity index is 608. The zero-order chi connectivity index (χ0) is 16.8. The van der Waals surface area contributed by atoms with E-state index in [0.29, 0.717) is 18.5 Å². The number of halogens is 1. The first-order valence-electron chi connectivity index (χ1n) is 7.49. The topological polar surface area (TPSA) is 101 Å². The number of hydrogen-bond acceptors (Lipinski definition) is 4. The fourth-order valence-corrected chi connectivity index (χ4v) is 3.21. The zero-order valence-corrected chi connectivity index (χ0v) is 15.3. The molecular formula is C15H26ClN3O3S. The second-order valence-corrected chi connectivity index (χ2v) is 7.06. The third-order valence-electron chi connectivity index (χ3n) is 3.32. The molecule has 0 heterocycles. The van der Waals surface area contributed by atoms with Gasteiger partial charge in [-0.2, -0.15) is 0 Å². The van der Waals surface area contributed by atoms with E-state index in [-0.39, 0.29) is 29.3 Å². The average molecular weight is 364 g/mol. The molecule has 132 valence electrons. The number of nitrogens with one attached hydrogen (secondary N) is 2. The van der Waals surface area contributed by atoms with E-state index >= 15 is 0 Å². The highest BCUT2D eigenvalue weighted by molar-refractivity contribution is 7.89. The monoisotopic (exact) mass is 363 g/mol. The Morgan fingerprint density at radius 2 is 1.96 bits per heavy atom. The van der Waals surface area contributed by atoms with Gasteiger partial charge in [-0.25, -0.2) is 13.1 Å². The molecular weight excluding hydrogens is 338 g/mol. The fourth-order valence-electron chi connectivity index (χ4n) is 1.83. The molecule has 2 unspecified atom stereocenters. The van der Waals surface area contributed by atoms with Crippen LogP contribution in [-0.2, 0) is 14.8 Å². The lowest BCUT2D eigenvalue weighted by atomic mass is 10.1. The van der Waals surface area contributed by atoms with Crippen molar-refractivity contribution in [3.05, 3.63) is 24.3 Å². The lowest BCUT2D eigenvalue weighted by Gasteiger charge is -2.14. The van der Waals surface area contributed by atoms with Crippen molar-refractivity contribution >= 4 is 34.0 Å². The van der Waals surface area contributed by atoms with Gasteiger partial charge in [0.2, 0.25) is 15.9 Å². The summed E-state index contributed by atoms with van der Waals surface area (Å²) in [7, 11) is -3.59. The molecule has 1 aromatic rings. The summed E-state index contributed by atoms with van der Waals surface area (Å²) in [6, 6.07) is 5.41. The van der Waals surface area contributed by atoms with Crippen LogP contribution in [0.1, 0.15) is 40.0 Å². The van der Waals surface area contributed by atoms with Crippen LogP contribution in [-0.4, -0.2) is 26.4 Å². The number of carbonyl (C=O) groups excluding carboxylic acids is 1. The predicted molar refractivity (Wildman–Crippen MR) is 95.3 cm³/mol. The van der Waals surface area contributed by atoms with Crippen LogP contribution in [0.3, 0.4) is 0 Å². The van der Waals surface area contributed by atoms with Gasteiger partial charge >= 0.3 is 0 Å². The van der Waals surface area contributed by atoms with Crippen molar-refractivity contribution in [2.75, 3.05) is 5.32 Å². The Hall–Kier alpha value is -1.15. The van der Waals surface area contributed by atoms with Gasteiger partial charge in [0.05, 0.1) is 10.9 Å². The molecule has 0 bridgehead atoms. The van der Waals surface area contributed by atoms with Gasteiger partial charge in [-0.05, 0) is 38.0 Å². The van der Waals surface area contributed by atoms with Crippen LogP contribution >= 0.6 is 12.4 Å². The van der Waals surface area contributed by atoms with Crippen LogP contribution in [0.25, 0.3) is 0 Å². The molecule has 0 aromatic heterocycles. The van der Waals surface area contributed by atoms with E-state index in [2.05, 4.69) is 10.0 Å². The second kappa shape index (κ2) is 9.87. The summed E-state index contributed by atoms with van der Waals surface area (Å²) in [4.78, 5) is 12.0. The van der Waals surface area contributed by atoms with Crippen LogP contribution in [0.15, 0.2) is 29.2 Å².